The van der Waals surface area contributed by atoms with Gasteiger partial charge in [-0.25, -0.2) is 4.79 Å². The molecule has 8 nitrogen and oxygen atoms in total. The lowest BCUT2D eigenvalue weighted by Crippen LogP contribution is -2.34. The van der Waals surface area contributed by atoms with Gasteiger partial charge in [-0.2, -0.15) is 4.68 Å². The molecular weight excluding hydrogens is 374 g/mol. The van der Waals surface area contributed by atoms with Gasteiger partial charge in [0.2, 0.25) is 5.89 Å². The molecule has 29 heavy (non-hydrogen) atoms. The van der Waals surface area contributed by atoms with Gasteiger partial charge in [-0.1, -0.05) is 48.5 Å². The van der Waals surface area contributed by atoms with Crippen molar-refractivity contribution < 1.29 is 18.7 Å². The summed E-state index contributed by atoms with van der Waals surface area (Å²) >= 11 is 0. The molecule has 0 aliphatic carbocycles. The number of amides is 1. The summed E-state index contributed by atoms with van der Waals surface area (Å²) in [6.45, 7) is 1.01. The summed E-state index contributed by atoms with van der Waals surface area (Å²) < 4.78 is 10.9. The van der Waals surface area contributed by atoms with Crippen LogP contribution in [0.15, 0.2) is 69.9 Å². The number of nitrogens with zero attached hydrogens (tertiary/aromatic N) is 3. The second kappa shape index (κ2) is 9.01. The Morgan fingerprint density at radius 3 is 2.38 bits per heavy atom. The van der Waals surface area contributed by atoms with Crippen LogP contribution in [0.2, 0.25) is 0 Å². The predicted molar refractivity (Wildman–Crippen MR) is 105 cm³/mol. The van der Waals surface area contributed by atoms with Crippen LogP contribution in [-0.2, 0) is 20.9 Å². The van der Waals surface area contributed by atoms with E-state index in [1.807, 2.05) is 43.3 Å². The van der Waals surface area contributed by atoms with E-state index >= 15 is 0 Å². The average Bonchev–Trinajstić information content (AvgIpc) is 3.12. The van der Waals surface area contributed by atoms with Crippen molar-refractivity contribution in [3.8, 4) is 11.5 Å². The first kappa shape index (κ1) is 20.1. The molecule has 8 heteroatoms. The molecule has 150 valence electrons. The molecule has 0 N–H and O–H groups in total. The van der Waals surface area contributed by atoms with Crippen LogP contribution in [-0.4, -0.2) is 40.2 Å². The Balaban J connectivity index is 1.55. The Hall–Kier alpha value is -3.68. The normalized spacial score (nSPS) is 11.7. The maximum Gasteiger partial charge on any atom is 0.437 e. The molecule has 0 fully saturated rings. The summed E-state index contributed by atoms with van der Waals surface area (Å²) in [5.74, 6) is -1.78. The number of carbonyl (C=O) groups excluding carboxylic acids is 2. The van der Waals surface area contributed by atoms with Crippen LogP contribution >= 0.6 is 0 Å². The summed E-state index contributed by atoms with van der Waals surface area (Å²) in [5, 5.41) is 3.99. The fourth-order valence-corrected chi connectivity index (χ4v) is 2.69. The van der Waals surface area contributed by atoms with Crippen LogP contribution in [0.3, 0.4) is 0 Å². The van der Waals surface area contributed by atoms with Gasteiger partial charge in [0.1, 0.15) is 6.54 Å². The largest absolute Gasteiger partial charge is 0.454 e. The molecule has 0 saturated heterocycles. The molecule has 3 rings (SSSR count). The highest BCUT2D eigenvalue weighted by molar-refractivity contribution is 5.80. The topological polar surface area (TPSA) is 94.6 Å². The average molecular weight is 395 g/mol. The van der Waals surface area contributed by atoms with Crippen molar-refractivity contribution in [1.82, 2.24) is 14.7 Å². The van der Waals surface area contributed by atoms with Crippen molar-refractivity contribution in [2.24, 2.45) is 0 Å². The molecule has 0 aliphatic rings. The quantitative estimate of drug-likeness (QED) is 0.570. The predicted octanol–water partition coefficient (Wildman–Crippen LogP) is 2.27. The van der Waals surface area contributed by atoms with Crippen molar-refractivity contribution in [1.29, 1.82) is 0 Å². The maximum atomic E-state index is 12.3. The summed E-state index contributed by atoms with van der Waals surface area (Å²) in [7, 11) is 1.64. The third-order valence-electron chi connectivity index (χ3n) is 4.52. The van der Waals surface area contributed by atoms with E-state index < -0.39 is 24.9 Å². The minimum absolute atomic E-state index is 0.107. The van der Waals surface area contributed by atoms with E-state index in [0.29, 0.717) is 5.56 Å². The van der Waals surface area contributed by atoms with Crippen LogP contribution in [0, 0.1) is 0 Å². The molecule has 0 bridgehead atoms. The van der Waals surface area contributed by atoms with Gasteiger partial charge < -0.3 is 14.1 Å². The van der Waals surface area contributed by atoms with Gasteiger partial charge in [0.15, 0.2) is 6.61 Å². The van der Waals surface area contributed by atoms with E-state index in [4.69, 9.17) is 9.15 Å². The number of hydrogen-bond donors (Lipinski definition) is 0. The Labute approximate surface area is 167 Å². The Bertz CT molecular complexity index is 1030. The number of hydrogen-bond acceptors (Lipinski definition) is 6. The van der Waals surface area contributed by atoms with E-state index in [2.05, 4.69) is 5.10 Å². The molecule has 0 aliphatic heterocycles. The molecule has 1 aromatic heterocycles. The van der Waals surface area contributed by atoms with Crippen molar-refractivity contribution >= 4 is 11.9 Å². The van der Waals surface area contributed by atoms with Gasteiger partial charge in [-0.3, -0.25) is 9.59 Å². The van der Waals surface area contributed by atoms with Gasteiger partial charge in [-0.15, -0.1) is 5.10 Å². The number of ether oxygens (including phenoxy) is 1. The minimum atomic E-state index is -0.776. The highest BCUT2D eigenvalue weighted by Gasteiger charge is 2.20. The van der Waals surface area contributed by atoms with Crippen LogP contribution in [0.5, 0.6) is 0 Å². The molecule has 0 saturated carbocycles. The van der Waals surface area contributed by atoms with Gasteiger partial charge >= 0.3 is 11.7 Å². The number of likely N-dealkylation sites (N-methyl/N-ethyl adjacent to an activating group) is 1. The first-order chi connectivity index (χ1) is 14.0. The van der Waals surface area contributed by atoms with Crippen molar-refractivity contribution in [3.05, 3.63) is 76.8 Å². The van der Waals surface area contributed by atoms with Crippen LogP contribution in [0.4, 0.5) is 0 Å². The standard InChI is InChI=1S/C21H21N3O5/c1-15(16-9-5-3-6-10-16)23(2)18(25)14-28-19(26)13-24-21(27)29-20(22-24)17-11-7-4-8-12-17/h3-12,15H,13-14H2,1-2H3/t15-/m0/s1. The second-order valence-electron chi connectivity index (χ2n) is 6.45. The molecule has 2 aromatic carbocycles. The smallest absolute Gasteiger partial charge is 0.437 e. The molecule has 0 spiro atoms. The maximum absolute atomic E-state index is 12.3. The zero-order chi connectivity index (χ0) is 20.8. The number of esters is 1. The van der Waals surface area contributed by atoms with Crippen LogP contribution < -0.4 is 5.76 Å². The molecule has 1 heterocycles. The first-order valence-corrected chi connectivity index (χ1v) is 9.05. The summed E-state index contributed by atoms with van der Waals surface area (Å²) in [6, 6.07) is 18.2. The molecule has 0 radical (unpaired) electrons. The van der Waals surface area contributed by atoms with Crippen LogP contribution in [0.1, 0.15) is 18.5 Å². The fourth-order valence-electron chi connectivity index (χ4n) is 2.69. The van der Waals surface area contributed by atoms with Gasteiger partial charge in [0, 0.05) is 12.6 Å². The van der Waals surface area contributed by atoms with Gasteiger partial charge in [0.05, 0.1) is 6.04 Å². The van der Waals surface area contributed by atoms with Crippen molar-refractivity contribution in [2.75, 3.05) is 13.7 Å². The highest BCUT2D eigenvalue weighted by atomic mass is 16.5. The molecule has 3 aromatic rings. The van der Waals surface area contributed by atoms with E-state index in [9.17, 15) is 14.4 Å². The third-order valence-corrected chi connectivity index (χ3v) is 4.52. The van der Waals surface area contributed by atoms with Gasteiger partial charge in [-0.05, 0) is 24.6 Å². The first-order valence-electron chi connectivity index (χ1n) is 9.05. The Morgan fingerprint density at radius 2 is 1.72 bits per heavy atom. The second-order valence-corrected chi connectivity index (χ2v) is 6.45. The number of carbonyl (C=O) groups is 2. The summed E-state index contributed by atoms with van der Waals surface area (Å²) in [4.78, 5) is 37.8. The van der Waals surface area contributed by atoms with Crippen LogP contribution in [0.25, 0.3) is 11.5 Å². The Kier molecular flexibility index (Phi) is 6.23. The molecular formula is C21H21N3O5. The summed E-state index contributed by atoms with van der Waals surface area (Å²) in [5.41, 5.74) is 1.58. The monoisotopic (exact) mass is 395 g/mol. The van der Waals surface area contributed by atoms with E-state index in [-0.39, 0.29) is 17.8 Å². The molecule has 1 amide bonds. The lowest BCUT2D eigenvalue weighted by Gasteiger charge is -2.25. The third kappa shape index (κ3) is 4.98. The minimum Gasteiger partial charge on any atom is -0.454 e. The fraction of sp³-hybridized carbons (Fsp3) is 0.238. The SMILES string of the molecule is C[C@@H](c1ccccc1)N(C)C(=O)COC(=O)Cn1nc(-c2ccccc2)oc1=O. The summed E-state index contributed by atoms with van der Waals surface area (Å²) in [6.07, 6.45) is 0. The van der Waals surface area contributed by atoms with E-state index in [1.165, 1.54) is 4.90 Å². The lowest BCUT2D eigenvalue weighted by molar-refractivity contribution is -0.153. The number of rotatable bonds is 7. The van der Waals surface area contributed by atoms with Gasteiger partial charge in [0.25, 0.3) is 5.91 Å². The lowest BCUT2D eigenvalue weighted by atomic mass is 10.1. The zero-order valence-corrected chi connectivity index (χ0v) is 16.1. The molecule has 0 unspecified atom stereocenters. The Morgan fingerprint density at radius 1 is 1.10 bits per heavy atom. The van der Waals surface area contributed by atoms with Crippen molar-refractivity contribution in [3.63, 3.8) is 0 Å². The van der Waals surface area contributed by atoms with E-state index in [0.717, 1.165) is 10.2 Å². The highest BCUT2D eigenvalue weighted by Crippen LogP contribution is 2.18. The van der Waals surface area contributed by atoms with Crippen molar-refractivity contribution in [2.45, 2.75) is 19.5 Å². The van der Waals surface area contributed by atoms with E-state index in [1.54, 1.807) is 31.3 Å². The zero-order valence-electron chi connectivity index (χ0n) is 16.1. The molecule has 1 atom stereocenters. The number of aromatic nitrogens is 2. The number of benzene rings is 2.